The van der Waals surface area contributed by atoms with Crippen molar-refractivity contribution in [3.05, 3.63) is 22.7 Å². The maximum atomic E-state index is 10.8. The molecule has 0 unspecified atom stereocenters. The summed E-state index contributed by atoms with van der Waals surface area (Å²) >= 11 is 6.25. The monoisotopic (exact) mass is 357 g/mol. The summed E-state index contributed by atoms with van der Waals surface area (Å²) in [6, 6.07) is 3.72. The first-order valence-electron chi connectivity index (χ1n) is 8.27. The highest BCUT2D eigenvalue weighted by molar-refractivity contribution is 6.32. The molecule has 136 valence electrons. The minimum Gasteiger partial charge on any atom is -0.496 e. The van der Waals surface area contributed by atoms with E-state index in [9.17, 15) is 5.11 Å². The number of methoxy groups -OCH3 is 3. The summed E-state index contributed by atoms with van der Waals surface area (Å²) in [4.78, 5) is 2.33. The molecular formula is C18H28ClNO4. The first-order chi connectivity index (χ1) is 11.4. The molecule has 0 saturated carbocycles. The molecule has 1 N–H and O–H groups in total. The van der Waals surface area contributed by atoms with Crippen LogP contribution in [0.4, 0.5) is 0 Å². The van der Waals surface area contributed by atoms with Gasteiger partial charge in [-0.1, -0.05) is 18.5 Å². The van der Waals surface area contributed by atoms with Crippen molar-refractivity contribution in [2.24, 2.45) is 5.92 Å². The molecule has 24 heavy (non-hydrogen) atoms. The number of rotatable bonds is 7. The van der Waals surface area contributed by atoms with Crippen molar-refractivity contribution >= 4 is 11.6 Å². The first kappa shape index (κ1) is 19.3. The zero-order valence-corrected chi connectivity index (χ0v) is 15.7. The fourth-order valence-corrected chi connectivity index (χ4v) is 3.59. The predicted molar refractivity (Wildman–Crippen MR) is 95.1 cm³/mol. The van der Waals surface area contributed by atoms with Gasteiger partial charge in [0.15, 0.2) is 0 Å². The van der Waals surface area contributed by atoms with Crippen molar-refractivity contribution < 1.29 is 19.3 Å². The molecule has 1 aromatic rings. The van der Waals surface area contributed by atoms with Crippen molar-refractivity contribution in [1.29, 1.82) is 0 Å². The molecule has 0 spiro atoms. The third-order valence-corrected chi connectivity index (χ3v) is 5.29. The fraction of sp³-hybridized carbons (Fsp3) is 0.667. The van der Waals surface area contributed by atoms with Crippen LogP contribution < -0.4 is 9.47 Å². The average molecular weight is 358 g/mol. The average Bonchev–Trinajstić information content (AvgIpc) is 2.57. The van der Waals surface area contributed by atoms with Crippen molar-refractivity contribution in [2.45, 2.75) is 31.9 Å². The van der Waals surface area contributed by atoms with Crippen LogP contribution in [-0.4, -0.2) is 56.6 Å². The van der Waals surface area contributed by atoms with E-state index in [4.69, 9.17) is 25.8 Å². The zero-order valence-electron chi connectivity index (χ0n) is 15.0. The molecule has 1 aliphatic heterocycles. The van der Waals surface area contributed by atoms with Crippen LogP contribution in [0.25, 0.3) is 0 Å². The smallest absolute Gasteiger partial charge is 0.141 e. The molecule has 1 aliphatic rings. The predicted octanol–water partition coefficient (Wildman–Crippen LogP) is 2.97. The number of aliphatic hydroxyl groups is 1. The van der Waals surface area contributed by atoms with Crippen molar-refractivity contribution in [3.8, 4) is 11.5 Å². The van der Waals surface area contributed by atoms with Gasteiger partial charge in [-0.25, -0.2) is 0 Å². The van der Waals surface area contributed by atoms with Crippen LogP contribution in [0.3, 0.4) is 0 Å². The number of benzene rings is 1. The minimum absolute atomic E-state index is 0.182. The largest absolute Gasteiger partial charge is 0.496 e. The molecule has 0 amide bonds. The second-order valence-corrected chi connectivity index (χ2v) is 6.94. The Labute approximate surface area is 149 Å². The fourth-order valence-electron chi connectivity index (χ4n) is 3.33. The van der Waals surface area contributed by atoms with Crippen LogP contribution in [0.5, 0.6) is 11.5 Å². The highest BCUT2D eigenvalue weighted by Crippen LogP contribution is 2.35. The van der Waals surface area contributed by atoms with E-state index in [1.807, 2.05) is 12.1 Å². The number of hydrogen-bond donors (Lipinski definition) is 1. The van der Waals surface area contributed by atoms with Gasteiger partial charge in [0.1, 0.15) is 11.5 Å². The van der Waals surface area contributed by atoms with E-state index in [0.29, 0.717) is 23.8 Å². The van der Waals surface area contributed by atoms with E-state index >= 15 is 0 Å². The second-order valence-electron chi connectivity index (χ2n) is 6.53. The second kappa shape index (κ2) is 8.39. The molecule has 0 bridgehead atoms. The molecule has 2 rings (SSSR count). The summed E-state index contributed by atoms with van der Waals surface area (Å²) in [5.74, 6) is 1.56. The zero-order chi connectivity index (χ0) is 17.7. The summed E-state index contributed by atoms with van der Waals surface area (Å²) < 4.78 is 15.8. The standard InChI is InChI=1S/C18H28ClNO4/c1-13-11-20(7-5-18(13,21)6-8-22-2)12-14-9-15(19)17(24-4)10-16(14)23-3/h9-10,13,21H,5-8,11-12H2,1-4H3/t13-,18-/m1/s1. The summed E-state index contributed by atoms with van der Waals surface area (Å²) in [5, 5.41) is 11.4. The molecule has 0 aromatic heterocycles. The lowest BCUT2D eigenvalue weighted by molar-refractivity contribution is -0.0827. The van der Waals surface area contributed by atoms with Gasteiger partial charge in [-0.05, 0) is 24.8 Å². The molecule has 1 aromatic carbocycles. The van der Waals surface area contributed by atoms with E-state index in [0.717, 1.165) is 37.4 Å². The van der Waals surface area contributed by atoms with Gasteiger partial charge >= 0.3 is 0 Å². The Balaban J connectivity index is 2.07. The molecular weight excluding hydrogens is 330 g/mol. The number of nitrogens with zero attached hydrogens (tertiary/aromatic N) is 1. The molecule has 0 aliphatic carbocycles. The Hall–Kier alpha value is -1.01. The van der Waals surface area contributed by atoms with Gasteiger partial charge in [0, 0.05) is 45.0 Å². The van der Waals surface area contributed by atoms with Crippen LogP contribution >= 0.6 is 11.6 Å². The van der Waals surface area contributed by atoms with Crippen molar-refractivity contribution in [1.82, 2.24) is 4.90 Å². The molecule has 2 atom stereocenters. The Bertz CT molecular complexity index is 554. The summed E-state index contributed by atoms with van der Waals surface area (Å²) in [7, 11) is 4.91. The van der Waals surface area contributed by atoms with Gasteiger partial charge in [0.05, 0.1) is 24.8 Å². The lowest BCUT2D eigenvalue weighted by atomic mass is 9.80. The normalized spacial score (nSPS) is 24.8. The first-order valence-corrected chi connectivity index (χ1v) is 8.65. The molecule has 1 saturated heterocycles. The maximum absolute atomic E-state index is 10.8. The Morgan fingerprint density at radius 3 is 2.54 bits per heavy atom. The lowest BCUT2D eigenvalue weighted by Gasteiger charge is -2.43. The molecule has 1 fully saturated rings. The Morgan fingerprint density at radius 1 is 1.25 bits per heavy atom. The Morgan fingerprint density at radius 2 is 1.96 bits per heavy atom. The molecule has 0 radical (unpaired) electrons. The number of likely N-dealkylation sites (tertiary alicyclic amines) is 1. The lowest BCUT2D eigenvalue weighted by Crippen LogP contribution is -2.51. The number of hydrogen-bond acceptors (Lipinski definition) is 5. The topological polar surface area (TPSA) is 51.2 Å². The quantitative estimate of drug-likeness (QED) is 0.813. The van der Waals surface area contributed by atoms with Crippen LogP contribution in [-0.2, 0) is 11.3 Å². The van der Waals surface area contributed by atoms with Crippen LogP contribution in [0.15, 0.2) is 12.1 Å². The van der Waals surface area contributed by atoms with E-state index < -0.39 is 5.60 Å². The van der Waals surface area contributed by atoms with Gasteiger partial charge in [0.2, 0.25) is 0 Å². The van der Waals surface area contributed by atoms with Gasteiger partial charge in [-0.3, -0.25) is 4.90 Å². The van der Waals surface area contributed by atoms with Gasteiger partial charge < -0.3 is 19.3 Å². The summed E-state index contributed by atoms with van der Waals surface area (Å²) in [6.45, 7) is 5.07. The van der Waals surface area contributed by atoms with E-state index in [1.54, 1.807) is 21.3 Å². The van der Waals surface area contributed by atoms with Crippen LogP contribution in [0.1, 0.15) is 25.3 Å². The van der Waals surface area contributed by atoms with Crippen molar-refractivity contribution in [3.63, 3.8) is 0 Å². The number of ether oxygens (including phenoxy) is 3. The van der Waals surface area contributed by atoms with Crippen molar-refractivity contribution in [2.75, 3.05) is 41.0 Å². The van der Waals surface area contributed by atoms with E-state index in [1.165, 1.54) is 0 Å². The summed E-state index contributed by atoms with van der Waals surface area (Å²) in [5.41, 5.74) is 0.381. The highest BCUT2D eigenvalue weighted by Gasteiger charge is 2.38. The number of halogens is 1. The molecule has 6 heteroatoms. The summed E-state index contributed by atoms with van der Waals surface area (Å²) in [6.07, 6.45) is 1.42. The maximum Gasteiger partial charge on any atom is 0.141 e. The van der Waals surface area contributed by atoms with E-state index in [2.05, 4.69) is 11.8 Å². The minimum atomic E-state index is -0.645. The van der Waals surface area contributed by atoms with Crippen LogP contribution in [0, 0.1) is 5.92 Å². The van der Waals surface area contributed by atoms with E-state index in [-0.39, 0.29) is 5.92 Å². The third-order valence-electron chi connectivity index (χ3n) is 5.00. The number of piperidine rings is 1. The van der Waals surface area contributed by atoms with Crippen LogP contribution in [0.2, 0.25) is 5.02 Å². The molecule has 5 nitrogen and oxygen atoms in total. The highest BCUT2D eigenvalue weighted by atomic mass is 35.5. The SMILES string of the molecule is COCC[C@]1(O)CCN(Cc2cc(Cl)c(OC)cc2OC)C[C@H]1C. The Kier molecular flexibility index (Phi) is 6.75. The van der Waals surface area contributed by atoms with Gasteiger partial charge in [0.25, 0.3) is 0 Å². The van der Waals surface area contributed by atoms with Gasteiger partial charge in [-0.2, -0.15) is 0 Å². The third kappa shape index (κ3) is 4.33. The molecule has 1 heterocycles. The van der Waals surface area contributed by atoms with Gasteiger partial charge in [-0.15, -0.1) is 0 Å².